The molecule has 1 aliphatic carbocycles. The molecule has 0 radical (unpaired) electrons. The van der Waals surface area contributed by atoms with Crippen molar-refractivity contribution >= 4 is 0 Å². The van der Waals surface area contributed by atoms with Crippen molar-refractivity contribution in [1.82, 2.24) is 15.3 Å². The molecule has 3 rings (SSSR count). The Kier molecular flexibility index (Phi) is 3.33. The summed E-state index contributed by atoms with van der Waals surface area (Å²) in [6.07, 6.45) is 8.94. The standard InChI is InChI=1S/C15H17N3/c1-2-6-14-12(4-1)5-3-7-15(14)18-11-13-10-16-8-9-17-13/h1-2,4,6,8-10,15,18H,3,5,7,11H2. The fourth-order valence-electron chi connectivity index (χ4n) is 2.61. The van der Waals surface area contributed by atoms with E-state index < -0.39 is 0 Å². The van der Waals surface area contributed by atoms with Gasteiger partial charge in [0.1, 0.15) is 0 Å². The van der Waals surface area contributed by atoms with Crippen LogP contribution in [0.25, 0.3) is 0 Å². The average Bonchev–Trinajstić information content (AvgIpc) is 2.46. The molecule has 1 aromatic heterocycles. The second-order valence-electron chi connectivity index (χ2n) is 4.72. The molecule has 1 heterocycles. The van der Waals surface area contributed by atoms with Gasteiger partial charge in [-0.3, -0.25) is 9.97 Å². The van der Waals surface area contributed by atoms with E-state index in [0.29, 0.717) is 6.04 Å². The molecule has 1 atom stereocenters. The van der Waals surface area contributed by atoms with Crippen molar-refractivity contribution in [2.45, 2.75) is 31.8 Å². The second kappa shape index (κ2) is 5.27. The van der Waals surface area contributed by atoms with Gasteiger partial charge in [0.2, 0.25) is 0 Å². The molecule has 1 aromatic carbocycles. The first-order valence-electron chi connectivity index (χ1n) is 6.49. The minimum Gasteiger partial charge on any atom is -0.304 e. The van der Waals surface area contributed by atoms with Crippen LogP contribution in [0.3, 0.4) is 0 Å². The highest BCUT2D eigenvalue weighted by atomic mass is 14.9. The summed E-state index contributed by atoms with van der Waals surface area (Å²) in [4.78, 5) is 8.38. The molecule has 2 aromatic rings. The van der Waals surface area contributed by atoms with Crippen molar-refractivity contribution in [2.75, 3.05) is 0 Å². The van der Waals surface area contributed by atoms with Crippen molar-refractivity contribution in [2.24, 2.45) is 0 Å². The molecule has 1 N–H and O–H groups in total. The first-order valence-corrected chi connectivity index (χ1v) is 6.49. The van der Waals surface area contributed by atoms with Crippen LogP contribution in [0.15, 0.2) is 42.9 Å². The third-order valence-electron chi connectivity index (χ3n) is 3.52. The summed E-state index contributed by atoms with van der Waals surface area (Å²) in [5.41, 5.74) is 3.94. The largest absolute Gasteiger partial charge is 0.304 e. The number of aromatic nitrogens is 2. The van der Waals surface area contributed by atoms with E-state index in [-0.39, 0.29) is 0 Å². The van der Waals surface area contributed by atoms with Crippen molar-refractivity contribution in [1.29, 1.82) is 0 Å². The van der Waals surface area contributed by atoms with Gasteiger partial charge in [0.05, 0.1) is 5.69 Å². The van der Waals surface area contributed by atoms with E-state index in [1.54, 1.807) is 12.4 Å². The predicted molar refractivity (Wildman–Crippen MR) is 71.0 cm³/mol. The van der Waals surface area contributed by atoms with Crippen LogP contribution in [0.1, 0.15) is 35.7 Å². The molecule has 1 aliphatic rings. The van der Waals surface area contributed by atoms with Gasteiger partial charge in [-0.25, -0.2) is 0 Å². The van der Waals surface area contributed by atoms with Crippen LogP contribution in [0, 0.1) is 0 Å². The predicted octanol–water partition coefficient (Wildman–Crippen LogP) is 2.64. The van der Waals surface area contributed by atoms with E-state index in [4.69, 9.17) is 0 Å². The average molecular weight is 239 g/mol. The molecule has 0 aliphatic heterocycles. The van der Waals surface area contributed by atoms with Gasteiger partial charge in [-0.05, 0) is 30.4 Å². The summed E-state index contributed by atoms with van der Waals surface area (Å²) in [7, 11) is 0. The Labute approximate surface area is 107 Å². The summed E-state index contributed by atoms with van der Waals surface area (Å²) in [5, 5.41) is 3.59. The summed E-state index contributed by atoms with van der Waals surface area (Å²) < 4.78 is 0. The molecule has 3 nitrogen and oxygen atoms in total. The van der Waals surface area contributed by atoms with E-state index in [0.717, 1.165) is 12.2 Å². The van der Waals surface area contributed by atoms with Crippen LogP contribution in [-0.4, -0.2) is 9.97 Å². The van der Waals surface area contributed by atoms with Gasteiger partial charge < -0.3 is 5.32 Å². The smallest absolute Gasteiger partial charge is 0.0724 e. The number of nitrogens with one attached hydrogen (secondary N) is 1. The summed E-state index contributed by atoms with van der Waals surface area (Å²) in [6, 6.07) is 9.19. The maximum absolute atomic E-state index is 4.29. The molecule has 92 valence electrons. The highest BCUT2D eigenvalue weighted by molar-refractivity contribution is 5.32. The van der Waals surface area contributed by atoms with Gasteiger partial charge >= 0.3 is 0 Å². The quantitative estimate of drug-likeness (QED) is 0.894. The van der Waals surface area contributed by atoms with E-state index >= 15 is 0 Å². The van der Waals surface area contributed by atoms with Crippen LogP contribution in [0.2, 0.25) is 0 Å². The number of nitrogens with zero attached hydrogens (tertiary/aromatic N) is 2. The summed E-state index contributed by atoms with van der Waals surface area (Å²) in [6.45, 7) is 0.785. The molecule has 1 unspecified atom stereocenters. The molecule has 0 saturated carbocycles. The Morgan fingerprint density at radius 3 is 3.06 bits per heavy atom. The van der Waals surface area contributed by atoms with Gasteiger partial charge in [0.25, 0.3) is 0 Å². The van der Waals surface area contributed by atoms with Crippen molar-refractivity contribution in [3.05, 3.63) is 59.7 Å². The van der Waals surface area contributed by atoms with Gasteiger partial charge in [-0.1, -0.05) is 24.3 Å². The highest BCUT2D eigenvalue weighted by Crippen LogP contribution is 2.29. The molecule has 18 heavy (non-hydrogen) atoms. The van der Waals surface area contributed by atoms with Crippen molar-refractivity contribution in [3.63, 3.8) is 0 Å². The zero-order valence-corrected chi connectivity index (χ0v) is 10.3. The second-order valence-corrected chi connectivity index (χ2v) is 4.72. The number of hydrogen-bond donors (Lipinski definition) is 1. The highest BCUT2D eigenvalue weighted by Gasteiger charge is 2.18. The molecule has 0 fully saturated rings. The molecule has 0 saturated heterocycles. The SMILES string of the molecule is c1ccc2c(c1)CCCC2NCc1cnccn1. The fourth-order valence-corrected chi connectivity index (χ4v) is 2.61. The summed E-state index contributed by atoms with van der Waals surface area (Å²) in [5.74, 6) is 0. The number of aryl methyl sites for hydroxylation is 1. The van der Waals surface area contributed by atoms with Crippen LogP contribution in [-0.2, 0) is 13.0 Å². The van der Waals surface area contributed by atoms with Gasteiger partial charge in [0, 0.05) is 31.2 Å². The Hall–Kier alpha value is -1.74. The summed E-state index contributed by atoms with van der Waals surface area (Å²) >= 11 is 0. The number of benzene rings is 1. The fraction of sp³-hybridized carbons (Fsp3) is 0.333. The maximum Gasteiger partial charge on any atom is 0.0724 e. The minimum atomic E-state index is 0.456. The van der Waals surface area contributed by atoms with E-state index in [9.17, 15) is 0 Å². The Bertz CT molecular complexity index is 510. The molecular weight excluding hydrogens is 222 g/mol. The van der Waals surface area contributed by atoms with Crippen LogP contribution < -0.4 is 5.32 Å². The van der Waals surface area contributed by atoms with Gasteiger partial charge in [-0.15, -0.1) is 0 Å². The van der Waals surface area contributed by atoms with Crippen LogP contribution in [0.5, 0.6) is 0 Å². The number of hydrogen-bond acceptors (Lipinski definition) is 3. The van der Waals surface area contributed by atoms with E-state index in [2.05, 4.69) is 39.6 Å². The Morgan fingerprint density at radius 1 is 1.22 bits per heavy atom. The monoisotopic (exact) mass is 239 g/mol. The van der Waals surface area contributed by atoms with Crippen LogP contribution in [0.4, 0.5) is 0 Å². The first-order chi connectivity index (χ1) is 8.93. The van der Waals surface area contributed by atoms with E-state index in [1.807, 2.05) is 6.20 Å². The zero-order chi connectivity index (χ0) is 12.2. The number of rotatable bonds is 3. The van der Waals surface area contributed by atoms with E-state index in [1.165, 1.54) is 30.4 Å². The molecule has 0 amide bonds. The topological polar surface area (TPSA) is 37.8 Å². The normalized spacial score (nSPS) is 18.3. The minimum absolute atomic E-state index is 0.456. The molecular formula is C15H17N3. The van der Waals surface area contributed by atoms with Gasteiger partial charge in [-0.2, -0.15) is 0 Å². The lowest BCUT2D eigenvalue weighted by molar-refractivity contribution is 0.456. The third-order valence-corrected chi connectivity index (χ3v) is 3.52. The first kappa shape index (κ1) is 11.4. The van der Waals surface area contributed by atoms with Crippen molar-refractivity contribution in [3.8, 4) is 0 Å². The molecule has 0 bridgehead atoms. The Morgan fingerprint density at radius 2 is 2.17 bits per heavy atom. The lowest BCUT2D eigenvalue weighted by Crippen LogP contribution is -2.25. The lowest BCUT2D eigenvalue weighted by atomic mass is 9.88. The Balaban J connectivity index is 1.71. The molecule has 3 heteroatoms. The zero-order valence-electron chi connectivity index (χ0n) is 10.3. The maximum atomic E-state index is 4.29. The number of fused-ring (bicyclic) bond motifs is 1. The van der Waals surface area contributed by atoms with Crippen molar-refractivity contribution < 1.29 is 0 Å². The molecule has 0 spiro atoms. The third kappa shape index (κ3) is 2.41. The van der Waals surface area contributed by atoms with Crippen LogP contribution >= 0.6 is 0 Å². The lowest BCUT2D eigenvalue weighted by Gasteiger charge is -2.26. The van der Waals surface area contributed by atoms with Gasteiger partial charge in [0.15, 0.2) is 0 Å².